The maximum absolute atomic E-state index is 11.7. The second-order valence-electron chi connectivity index (χ2n) is 4.28. The Morgan fingerprint density at radius 3 is 2.48 bits per heavy atom. The molecule has 1 aliphatic carbocycles. The van der Waals surface area contributed by atoms with Crippen molar-refractivity contribution in [2.45, 2.75) is 0 Å². The highest BCUT2D eigenvalue weighted by Gasteiger charge is 2.31. The molecule has 0 spiro atoms. The molecule has 1 aromatic heterocycles. The number of aromatic nitrogens is 2. The summed E-state index contributed by atoms with van der Waals surface area (Å²) in [6.45, 7) is 0. The SMILES string of the molecule is O=C1C=CC(=O)c2c1nc(-c1ccccc1[N+](=O)[O-])n2O. The predicted molar refractivity (Wildman–Crippen MR) is 69.3 cm³/mol. The van der Waals surface area contributed by atoms with Crippen LogP contribution in [0.5, 0.6) is 0 Å². The molecule has 1 N–H and O–H groups in total. The van der Waals surface area contributed by atoms with Gasteiger partial charge in [0.2, 0.25) is 11.6 Å². The van der Waals surface area contributed by atoms with E-state index in [4.69, 9.17) is 0 Å². The molecule has 1 aliphatic rings. The first kappa shape index (κ1) is 12.7. The molecule has 0 unspecified atom stereocenters. The molecular formula is C13H7N3O5. The number of carbonyl (C=O) groups is 2. The Bertz CT molecular complexity index is 834. The van der Waals surface area contributed by atoms with Crippen LogP contribution in [0.1, 0.15) is 21.0 Å². The molecule has 104 valence electrons. The zero-order valence-corrected chi connectivity index (χ0v) is 10.4. The fourth-order valence-electron chi connectivity index (χ4n) is 2.11. The van der Waals surface area contributed by atoms with Gasteiger partial charge in [0.05, 0.1) is 10.5 Å². The molecule has 8 nitrogen and oxygen atoms in total. The third-order valence-corrected chi connectivity index (χ3v) is 3.05. The van der Waals surface area contributed by atoms with E-state index in [0.29, 0.717) is 4.73 Å². The molecule has 0 bridgehead atoms. The standard InChI is InChI=1S/C13H7N3O5/c17-9-5-6-10(18)12-11(9)14-13(15(12)19)7-3-1-2-4-8(7)16(20)21/h1-6,19H. The average Bonchev–Trinajstić information content (AvgIpc) is 2.82. The average molecular weight is 285 g/mol. The van der Waals surface area contributed by atoms with Crippen LogP contribution in [0.4, 0.5) is 5.69 Å². The third kappa shape index (κ3) is 1.81. The minimum absolute atomic E-state index is 0.0139. The smallest absolute Gasteiger partial charge is 0.280 e. The van der Waals surface area contributed by atoms with Gasteiger partial charge >= 0.3 is 0 Å². The summed E-state index contributed by atoms with van der Waals surface area (Å²) >= 11 is 0. The summed E-state index contributed by atoms with van der Waals surface area (Å²) in [5.41, 5.74) is -0.795. The van der Waals surface area contributed by atoms with Gasteiger partial charge in [-0.05, 0) is 18.2 Å². The number of allylic oxidation sites excluding steroid dienone is 2. The molecule has 0 saturated carbocycles. The van der Waals surface area contributed by atoms with E-state index in [-0.39, 0.29) is 28.5 Å². The molecular weight excluding hydrogens is 278 g/mol. The van der Waals surface area contributed by atoms with Gasteiger partial charge in [-0.15, -0.1) is 0 Å². The van der Waals surface area contributed by atoms with E-state index in [1.807, 2.05) is 0 Å². The summed E-state index contributed by atoms with van der Waals surface area (Å²) < 4.78 is 0.418. The van der Waals surface area contributed by atoms with Crippen molar-refractivity contribution in [3.05, 3.63) is 57.9 Å². The topological polar surface area (TPSA) is 115 Å². The zero-order valence-electron chi connectivity index (χ0n) is 10.4. The van der Waals surface area contributed by atoms with Gasteiger partial charge in [-0.25, -0.2) is 4.98 Å². The molecule has 8 heteroatoms. The lowest BCUT2D eigenvalue weighted by molar-refractivity contribution is -0.384. The largest absolute Gasteiger partial charge is 0.426 e. The highest BCUT2D eigenvalue weighted by Crippen LogP contribution is 2.31. The summed E-state index contributed by atoms with van der Waals surface area (Å²) in [5, 5.41) is 21.1. The van der Waals surface area contributed by atoms with Crippen LogP contribution in [0.15, 0.2) is 36.4 Å². The zero-order chi connectivity index (χ0) is 15.1. The number of hydrogen-bond donors (Lipinski definition) is 1. The minimum atomic E-state index is -0.634. The summed E-state index contributed by atoms with van der Waals surface area (Å²) in [7, 11) is 0. The molecule has 21 heavy (non-hydrogen) atoms. The van der Waals surface area contributed by atoms with Crippen LogP contribution in [-0.4, -0.2) is 31.4 Å². The summed E-state index contributed by atoms with van der Waals surface area (Å²) in [6.07, 6.45) is 2.06. The number of imidazole rings is 1. The van der Waals surface area contributed by atoms with E-state index in [9.17, 15) is 24.9 Å². The molecule has 3 rings (SSSR count). The Morgan fingerprint density at radius 2 is 1.81 bits per heavy atom. The molecule has 0 radical (unpaired) electrons. The van der Waals surface area contributed by atoms with Gasteiger partial charge in [0.15, 0.2) is 11.5 Å². The Balaban J connectivity index is 2.28. The first-order valence-corrected chi connectivity index (χ1v) is 5.83. The predicted octanol–water partition coefficient (Wildman–Crippen LogP) is 1.63. The maximum atomic E-state index is 11.7. The highest BCUT2D eigenvalue weighted by atomic mass is 16.6. The van der Waals surface area contributed by atoms with Crippen molar-refractivity contribution in [3.8, 4) is 11.4 Å². The number of ketones is 2. The van der Waals surface area contributed by atoms with Crippen molar-refractivity contribution in [3.63, 3.8) is 0 Å². The second kappa shape index (κ2) is 4.37. The second-order valence-corrected chi connectivity index (χ2v) is 4.28. The number of nitro benzene ring substituents is 1. The fraction of sp³-hybridized carbons (Fsp3) is 0. The van der Waals surface area contributed by atoms with Crippen molar-refractivity contribution < 1.29 is 19.7 Å². The number of hydrogen-bond acceptors (Lipinski definition) is 6. The number of benzene rings is 1. The van der Waals surface area contributed by atoms with Crippen molar-refractivity contribution in [1.82, 2.24) is 9.71 Å². The number of rotatable bonds is 2. The lowest BCUT2D eigenvalue weighted by atomic mass is 10.1. The third-order valence-electron chi connectivity index (χ3n) is 3.05. The highest BCUT2D eigenvalue weighted by molar-refractivity contribution is 6.20. The van der Waals surface area contributed by atoms with Crippen LogP contribution in [0.25, 0.3) is 11.4 Å². The summed E-state index contributed by atoms with van der Waals surface area (Å²) in [5.74, 6) is -1.36. The van der Waals surface area contributed by atoms with E-state index in [2.05, 4.69) is 4.98 Å². The van der Waals surface area contributed by atoms with Crippen LogP contribution in [0.3, 0.4) is 0 Å². The van der Waals surface area contributed by atoms with Gasteiger partial charge in [0.25, 0.3) is 5.69 Å². The molecule has 0 aliphatic heterocycles. The van der Waals surface area contributed by atoms with Crippen molar-refractivity contribution in [2.24, 2.45) is 0 Å². The van der Waals surface area contributed by atoms with Crippen molar-refractivity contribution >= 4 is 17.3 Å². The number of nitro groups is 1. The van der Waals surface area contributed by atoms with Gasteiger partial charge in [-0.1, -0.05) is 12.1 Å². The maximum Gasteiger partial charge on any atom is 0.280 e. The van der Waals surface area contributed by atoms with E-state index >= 15 is 0 Å². The number of carbonyl (C=O) groups excluding carboxylic acids is 2. The van der Waals surface area contributed by atoms with Gasteiger partial charge < -0.3 is 5.21 Å². The summed E-state index contributed by atoms with van der Waals surface area (Å²) in [6, 6.07) is 5.61. The Labute approximate surface area is 117 Å². The fourth-order valence-corrected chi connectivity index (χ4v) is 2.11. The van der Waals surface area contributed by atoms with Crippen LogP contribution >= 0.6 is 0 Å². The van der Waals surface area contributed by atoms with Gasteiger partial charge in [0.1, 0.15) is 5.69 Å². The number of nitrogens with zero attached hydrogens (tertiary/aromatic N) is 3. The number of para-hydroxylation sites is 1. The van der Waals surface area contributed by atoms with Crippen LogP contribution < -0.4 is 0 Å². The molecule has 1 heterocycles. The van der Waals surface area contributed by atoms with E-state index in [0.717, 1.165) is 12.2 Å². The molecule has 1 aromatic carbocycles. The normalized spacial score (nSPS) is 13.3. The van der Waals surface area contributed by atoms with E-state index < -0.39 is 16.5 Å². The Hall–Kier alpha value is -3.29. The molecule has 0 atom stereocenters. The van der Waals surface area contributed by atoms with Gasteiger partial charge in [-0.2, -0.15) is 4.73 Å². The monoisotopic (exact) mass is 285 g/mol. The molecule has 0 saturated heterocycles. The summed E-state index contributed by atoms with van der Waals surface area (Å²) in [4.78, 5) is 37.7. The lowest BCUT2D eigenvalue weighted by Gasteiger charge is -2.04. The minimum Gasteiger partial charge on any atom is -0.426 e. The lowest BCUT2D eigenvalue weighted by Crippen LogP contribution is -2.14. The Kier molecular flexibility index (Phi) is 2.65. The molecule has 2 aromatic rings. The van der Waals surface area contributed by atoms with Crippen molar-refractivity contribution in [2.75, 3.05) is 0 Å². The first-order valence-electron chi connectivity index (χ1n) is 5.83. The Morgan fingerprint density at radius 1 is 1.14 bits per heavy atom. The first-order chi connectivity index (χ1) is 10.0. The van der Waals surface area contributed by atoms with Crippen molar-refractivity contribution in [1.29, 1.82) is 0 Å². The molecule has 0 amide bonds. The number of fused-ring (bicyclic) bond motifs is 1. The van der Waals surface area contributed by atoms with Crippen LogP contribution in [0, 0.1) is 10.1 Å². The van der Waals surface area contributed by atoms with Gasteiger partial charge in [0, 0.05) is 6.07 Å². The van der Waals surface area contributed by atoms with Crippen LogP contribution in [-0.2, 0) is 0 Å². The molecule has 0 fully saturated rings. The van der Waals surface area contributed by atoms with E-state index in [1.165, 1.54) is 24.3 Å². The van der Waals surface area contributed by atoms with Crippen LogP contribution in [0.2, 0.25) is 0 Å². The van der Waals surface area contributed by atoms with Gasteiger partial charge in [-0.3, -0.25) is 19.7 Å². The van der Waals surface area contributed by atoms with E-state index in [1.54, 1.807) is 0 Å². The quantitative estimate of drug-likeness (QED) is 0.509.